The maximum Gasteiger partial charge on any atom is 0.322 e. The van der Waals surface area contributed by atoms with Gasteiger partial charge in [-0.3, -0.25) is 24.8 Å². The number of ether oxygens (including phenoxy) is 2. The third-order valence-electron chi connectivity index (χ3n) is 15.3. The minimum absolute atomic E-state index is 0.0851. The molecule has 10 atom stereocenters. The molecular formula is C43H56N6O7. The van der Waals surface area contributed by atoms with Crippen molar-refractivity contribution < 1.29 is 34.4 Å². The number of carbonyl (C=O) groups is 2. The SMILES string of the molecule is CC[C@]1(O)CC2CN(CCc3c([nH]c4ccccc34)[C@@](C(=O)OC)(c3cc4c(cc3OC)N(C)C3[C@@](O)(C(=O)NN)C(O)[C@]5(CC)C=CCN6CC[C@]43C65)C2)C1. The van der Waals surface area contributed by atoms with Gasteiger partial charge in [0, 0.05) is 84.0 Å². The summed E-state index contributed by atoms with van der Waals surface area (Å²) >= 11 is 0. The monoisotopic (exact) mass is 768 g/mol. The highest BCUT2D eigenvalue weighted by Gasteiger charge is 2.78. The van der Waals surface area contributed by atoms with E-state index in [4.69, 9.17) is 15.3 Å². The number of para-hydroxylation sites is 1. The molecule has 2 aromatic carbocycles. The summed E-state index contributed by atoms with van der Waals surface area (Å²) in [6.07, 6.45) is 5.73. The summed E-state index contributed by atoms with van der Waals surface area (Å²) < 4.78 is 12.2. The number of likely N-dealkylation sites (N-methyl/N-ethyl adjacent to an activating group) is 1. The highest BCUT2D eigenvalue weighted by Crippen LogP contribution is 2.67. The fourth-order valence-corrected chi connectivity index (χ4v) is 13.1. The molecule has 2 saturated heterocycles. The van der Waals surface area contributed by atoms with Gasteiger partial charge < -0.3 is 34.7 Å². The zero-order chi connectivity index (χ0) is 39.6. The second kappa shape index (κ2) is 12.8. The van der Waals surface area contributed by atoms with Crippen LogP contribution in [0.3, 0.4) is 0 Å². The Kier molecular flexibility index (Phi) is 8.56. The molecule has 0 radical (unpaired) electrons. The molecular weight excluding hydrogens is 713 g/mol. The number of hydrazine groups is 1. The van der Waals surface area contributed by atoms with Gasteiger partial charge in [0.05, 0.1) is 25.9 Å². The van der Waals surface area contributed by atoms with Crippen molar-refractivity contribution in [2.45, 2.75) is 92.6 Å². The number of aliphatic hydroxyl groups is 3. The second-order valence-corrected chi connectivity index (χ2v) is 17.6. The lowest BCUT2D eigenvalue weighted by molar-refractivity contribution is -0.203. The highest BCUT2D eigenvalue weighted by atomic mass is 16.5. The summed E-state index contributed by atoms with van der Waals surface area (Å²) in [7, 11) is 4.89. The molecule has 6 heterocycles. The number of fused-ring (bicyclic) bond motifs is 6. The number of aromatic nitrogens is 1. The zero-order valence-corrected chi connectivity index (χ0v) is 33.1. The average molecular weight is 769 g/mol. The van der Waals surface area contributed by atoms with Crippen molar-refractivity contribution in [2.75, 3.05) is 58.9 Å². The van der Waals surface area contributed by atoms with Gasteiger partial charge in [-0.2, -0.15) is 0 Å². The fourth-order valence-electron chi connectivity index (χ4n) is 13.1. The summed E-state index contributed by atoms with van der Waals surface area (Å²) in [6.45, 7) is 7.36. The Morgan fingerprint density at radius 3 is 2.55 bits per heavy atom. The van der Waals surface area contributed by atoms with Crippen molar-refractivity contribution >= 4 is 28.5 Å². The number of amides is 1. The Labute approximate surface area is 327 Å². The number of H-pyrrole nitrogens is 1. The molecule has 1 aliphatic carbocycles. The number of hydrogen-bond donors (Lipinski definition) is 6. The number of anilines is 1. The normalized spacial score (nSPS) is 38.4. The Balaban J connectivity index is 1.36. The zero-order valence-electron chi connectivity index (χ0n) is 33.1. The standard InChI is InChI=1S/C43H56N6O7/c1-6-39(53)21-25-22-42(38(52)56-5,33-27(13-17-48(23-25)24-39)26-11-8-9-12-30(26)45-33)29-19-28-31(20-32(29)55-4)47(3)35-41(28)15-18-49-16-10-14-40(7-2,34(41)49)36(50)43(35,54)37(51)46-44/h8-12,14,19-20,25,34-36,45,50,53-54H,6-7,13,15-18,21-24,44H2,1-5H3,(H,46,51)/t25?,34?,35?,36?,39-,40+,41+,42-,43-/m0/s1. The highest BCUT2D eigenvalue weighted by molar-refractivity contribution is 5.95. The lowest BCUT2D eigenvalue weighted by atomic mass is 9.47. The van der Waals surface area contributed by atoms with Gasteiger partial charge in [0.25, 0.3) is 5.91 Å². The molecule has 3 aromatic rings. The predicted octanol–water partition coefficient (Wildman–Crippen LogP) is 2.24. The van der Waals surface area contributed by atoms with E-state index in [9.17, 15) is 20.1 Å². The number of nitrogens with zero attached hydrogens (tertiary/aromatic N) is 3. The van der Waals surface area contributed by atoms with Crippen LogP contribution < -0.4 is 20.9 Å². The Hall–Kier alpha value is -3.98. The maximum absolute atomic E-state index is 15.2. The fraction of sp³-hybridized carbons (Fsp3) is 0.581. The molecule has 13 nitrogen and oxygen atoms in total. The van der Waals surface area contributed by atoms with Crippen molar-refractivity contribution in [2.24, 2.45) is 17.2 Å². The molecule has 56 heavy (non-hydrogen) atoms. The number of methoxy groups -OCH3 is 2. The van der Waals surface area contributed by atoms with E-state index in [-0.39, 0.29) is 12.0 Å². The van der Waals surface area contributed by atoms with Crippen LogP contribution in [0.15, 0.2) is 48.6 Å². The smallest absolute Gasteiger partial charge is 0.322 e. The van der Waals surface area contributed by atoms with Crippen LogP contribution in [0.4, 0.5) is 5.69 Å². The third-order valence-corrected chi connectivity index (χ3v) is 15.3. The molecule has 1 amide bonds. The van der Waals surface area contributed by atoms with Gasteiger partial charge in [-0.1, -0.05) is 44.2 Å². The summed E-state index contributed by atoms with van der Waals surface area (Å²) in [6, 6.07) is 11.0. The quantitative estimate of drug-likeness (QED) is 0.0714. The van der Waals surface area contributed by atoms with Crippen LogP contribution in [-0.4, -0.2) is 125 Å². The third kappa shape index (κ3) is 4.58. The van der Waals surface area contributed by atoms with Crippen LogP contribution in [0, 0.1) is 11.3 Å². The topological polar surface area (TPSA) is 177 Å². The molecule has 6 aliphatic rings. The number of benzene rings is 2. The molecule has 300 valence electrons. The largest absolute Gasteiger partial charge is 0.496 e. The van der Waals surface area contributed by atoms with E-state index in [2.05, 4.69) is 32.3 Å². The first-order valence-electron chi connectivity index (χ1n) is 20.3. The van der Waals surface area contributed by atoms with Crippen LogP contribution in [-0.2, 0) is 31.6 Å². The minimum atomic E-state index is -2.31. The van der Waals surface area contributed by atoms with E-state index < -0.39 is 51.5 Å². The van der Waals surface area contributed by atoms with Gasteiger partial charge in [-0.15, -0.1) is 0 Å². The molecule has 1 aromatic heterocycles. The number of hydrogen-bond acceptors (Lipinski definition) is 11. The van der Waals surface area contributed by atoms with Crippen molar-refractivity contribution in [1.29, 1.82) is 0 Å². The van der Waals surface area contributed by atoms with Gasteiger partial charge in [0.2, 0.25) is 0 Å². The first-order valence-corrected chi connectivity index (χ1v) is 20.3. The molecule has 5 unspecified atom stereocenters. The van der Waals surface area contributed by atoms with Gasteiger partial charge in [0.15, 0.2) is 5.60 Å². The van der Waals surface area contributed by atoms with Crippen molar-refractivity contribution in [3.05, 3.63) is 70.9 Å². The number of aromatic amines is 1. The van der Waals surface area contributed by atoms with Crippen molar-refractivity contribution in [3.8, 4) is 5.75 Å². The number of nitrogens with two attached hydrogens (primary N) is 1. The first-order chi connectivity index (χ1) is 26.8. The number of carbonyl (C=O) groups excluding carboxylic acids is 2. The van der Waals surface area contributed by atoms with Gasteiger partial charge in [-0.25, -0.2) is 5.84 Å². The Morgan fingerprint density at radius 1 is 1.05 bits per heavy atom. The van der Waals surface area contributed by atoms with Crippen LogP contribution in [0.5, 0.6) is 5.75 Å². The van der Waals surface area contributed by atoms with E-state index in [1.54, 1.807) is 7.11 Å². The number of rotatable bonds is 6. The molecule has 1 saturated carbocycles. The predicted molar refractivity (Wildman–Crippen MR) is 211 cm³/mol. The van der Waals surface area contributed by atoms with E-state index in [1.165, 1.54) is 7.11 Å². The van der Waals surface area contributed by atoms with E-state index in [1.807, 2.05) is 62.2 Å². The van der Waals surface area contributed by atoms with Crippen LogP contribution in [0.25, 0.3) is 10.9 Å². The second-order valence-electron chi connectivity index (χ2n) is 17.6. The van der Waals surface area contributed by atoms with Gasteiger partial charge >= 0.3 is 5.97 Å². The minimum Gasteiger partial charge on any atom is -0.496 e. The van der Waals surface area contributed by atoms with Gasteiger partial charge in [0.1, 0.15) is 17.3 Å². The first kappa shape index (κ1) is 37.6. The van der Waals surface area contributed by atoms with Gasteiger partial charge in [-0.05, 0) is 74.2 Å². The lowest BCUT2D eigenvalue weighted by Gasteiger charge is -2.63. The number of piperidine rings is 1. The van der Waals surface area contributed by atoms with E-state index in [0.29, 0.717) is 76.0 Å². The molecule has 7 N–H and O–H groups in total. The van der Waals surface area contributed by atoms with E-state index >= 15 is 4.79 Å². The molecule has 1 spiro atoms. The van der Waals surface area contributed by atoms with E-state index in [0.717, 1.165) is 40.0 Å². The lowest BCUT2D eigenvalue weighted by Crippen LogP contribution is -2.82. The Morgan fingerprint density at radius 2 is 1.84 bits per heavy atom. The summed E-state index contributed by atoms with van der Waals surface area (Å²) in [5.41, 5.74) is 0.683. The molecule has 13 heteroatoms. The summed E-state index contributed by atoms with van der Waals surface area (Å²) in [5, 5.41) is 38.3. The number of nitrogens with one attached hydrogen (secondary N) is 2. The van der Waals surface area contributed by atoms with Crippen LogP contribution in [0.1, 0.15) is 68.3 Å². The van der Waals surface area contributed by atoms with Crippen LogP contribution >= 0.6 is 0 Å². The molecule has 9 rings (SSSR count). The van der Waals surface area contributed by atoms with Crippen molar-refractivity contribution in [1.82, 2.24) is 20.2 Å². The summed E-state index contributed by atoms with van der Waals surface area (Å²) in [5.74, 6) is 4.94. The Bertz CT molecular complexity index is 2140. The summed E-state index contributed by atoms with van der Waals surface area (Å²) in [4.78, 5) is 39.7. The van der Waals surface area contributed by atoms with Crippen LogP contribution in [0.2, 0.25) is 0 Å². The average Bonchev–Trinajstić information content (AvgIpc) is 3.87. The van der Waals surface area contributed by atoms with Crippen molar-refractivity contribution in [3.63, 3.8) is 0 Å². The molecule has 5 aliphatic heterocycles. The maximum atomic E-state index is 15.2. The number of esters is 1. The number of aliphatic hydroxyl groups excluding tert-OH is 1. The molecule has 2 bridgehead atoms. The molecule has 3 fully saturated rings.